The van der Waals surface area contributed by atoms with Crippen LogP contribution in [0.1, 0.15) is 33.6 Å². The number of nitrogens with zero attached hydrogens (tertiary/aromatic N) is 1. The first-order chi connectivity index (χ1) is 10.6. The van der Waals surface area contributed by atoms with Gasteiger partial charge in [-0.3, -0.25) is 19.5 Å². The Labute approximate surface area is 140 Å². The maximum Gasteiger partial charge on any atom is 0.294 e. The van der Waals surface area contributed by atoms with Gasteiger partial charge in [0, 0.05) is 12.6 Å². The highest BCUT2D eigenvalue weighted by Gasteiger charge is 2.18. The van der Waals surface area contributed by atoms with E-state index in [9.17, 15) is 18.5 Å². The molecule has 1 aromatic rings. The van der Waals surface area contributed by atoms with Crippen molar-refractivity contribution in [3.8, 4) is 0 Å². The third-order valence-corrected chi connectivity index (χ3v) is 3.79. The van der Waals surface area contributed by atoms with Gasteiger partial charge in [-0.15, -0.1) is 0 Å². The summed E-state index contributed by atoms with van der Waals surface area (Å²) in [5.41, 5.74) is 2.32. The van der Waals surface area contributed by atoms with Crippen molar-refractivity contribution in [1.29, 1.82) is 0 Å². The lowest BCUT2D eigenvalue weighted by Gasteiger charge is -2.09. The summed E-state index contributed by atoms with van der Waals surface area (Å²) in [5, 5.41) is 10.2. The number of hydrogen-bond acceptors (Lipinski definition) is 6. The van der Waals surface area contributed by atoms with E-state index in [1.807, 2.05) is 0 Å². The molecule has 0 aromatic heterocycles. The maximum atomic E-state index is 10.6. The van der Waals surface area contributed by atoms with Crippen LogP contribution in [0.3, 0.4) is 0 Å². The minimum Gasteiger partial charge on any atom is -0.299 e. The van der Waals surface area contributed by atoms with Crippen molar-refractivity contribution >= 4 is 27.4 Å². The van der Waals surface area contributed by atoms with Gasteiger partial charge in [-0.1, -0.05) is 25.4 Å². The molecule has 1 rings (SSSR count). The largest absolute Gasteiger partial charge is 0.299 e. The molecule has 1 unspecified atom stereocenters. The van der Waals surface area contributed by atoms with Crippen molar-refractivity contribution in [3.05, 3.63) is 33.3 Å². The quantitative estimate of drug-likeness (QED) is 0.328. The summed E-state index contributed by atoms with van der Waals surface area (Å²) >= 11 is 5.42. The number of nitro benzene ring substituents is 1. The standard InChI is InChI=1S/C7H17NO.C6H4ClNO5S/c1-4-6-8-9-7(3)5-2;7-5-2-1-4(14(11,12)13)3-6(5)8(9)10/h7-8H,4-6H2,1-3H3;1-3H,(H,11,12,13). The number of nitrogens with one attached hydrogen (secondary N) is 1. The third kappa shape index (κ3) is 8.82. The highest BCUT2D eigenvalue weighted by Crippen LogP contribution is 2.26. The van der Waals surface area contributed by atoms with Crippen LogP contribution in [0.15, 0.2) is 23.1 Å². The second-order valence-corrected chi connectivity index (χ2v) is 6.41. The molecule has 0 amide bonds. The fraction of sp³-hybridized carbons (Fsp3) is 0.538. The summed E-state index contributed by atoms with van der Waals surface area (Å²) in [6, 6.07) is 2.70. The first-order valence-corrected chi connectivity index (χ1v) is 8.75. The lowest BCUT2D eigenvalue weighted by Crippen LogP contribution is -2.21. The van der Waals surface area contributed by atoms with E-state index in [4.69, 9.17) is 21.0 Å². The molecule has 0 saturated heterocycles. The molecule has 10 heteroatoms. The highest BCUT2D eigenvalue weighted by atomic mass is 35.5. The molecular weight excluding hydrogens is 348 g/mol. The van der Waals surface area contributed by atoms with E-state index >= 15 is 0 Å². The Hall–Kier alpha value is -1.26. The number of rotatable bonds is 7. The number of hydroxylamine groups is 1. The summed E-state index contributed by atoms with van der Waals surface area (Å²) in [7, 11) is -4.44. The minimum atomic E-state index is -4.44. The topological polar surface area (TPSA) is 119 Å². The summed E-state index contributed by atoms with van der Waals surface area (Å²) in [5.74, 6) is 0. The van der Waals surface area contributed by atoms with Gasteiger partial charge in [-0.25, -0.2) is 5.48 Å². The normalized spacial score (nSPS) is 12.2. The summed E-state index contributed by atoms with van der Waals surface area (Å²) in [6.45, 7) is 7.23. The molecule has 0 aliphatic rings. The number of benzene rings is 1. The Morgan fingerprint density at radius 2 is 2.04 bits per heavy atom. The second-order valence-electron chi connectivity index (χ2n) is 4.58. The predicted octanol–water partition coefficient (Wildman–Crippen LogP) is 3.21. The summed E-state index contributed by atoms with van der Waals surface area (Å²) < 4.78 is 29.8. The van der Waals surface area contributed by atoms with Crippen molar-refractivity contribution in [2.45, 2.75) is 44.6 Å². The fourth-order valence-corrected chi connectivity index (χ4v) is 1.87. The van der Waals surface area contributed by atoms with E-state index in [0.717, 1.165) is 31.5 Å². The van der Waals surface area contributed by atoms with Crippen LogP contribution in [0.4, 0.5) is 5.69 Å². The Bertz CT molecular complexity index is 608. The first kappa shape index (κ1) is 21.7. The molecule has 132 valence electrons. The van der Waals surface area contributed by atoms with E-state index in [1.54, 1.807) is 0 Å². The lowest BCUT2D eigenvalue weighted by molar-refractivity contribution is -0.384. The SMILES string of the molecule is CCCNOC(C)CC.O=[N+]([O-])c1cc(S(=O)(=O)O)ccc1Cl. The van der Waals surface area contributed by atoms with Crippen LogP contribution in [-0.2, 0) is 15.0 Å². The van der Waals surface area contributed by atoms with E-state index in [1.165, 1.54) is 0 Å². The fourth-order valence-electron chi connectivity index (χ4n) is 1.18. The third-order valence-electron chi connectivity index (χ3n) is 2.62. The van der Waals surface area contributed by atoms with Crippen LogP contribution in [0, 0.1) is 10.1 Å². The average molecular weight is 369 g/mol. The van der Waals surface area contributed by atoms with Gasteiger partial charge in [-0.2, -0.15) is 8.42 Å². The Balaban J connectivity index is 0.000000468. The zero-order chi connectivity index (χ0) is 18.0. The molecular formula is C13H21ClN2O6S. The van der Waals surface area contributed by atoms with E-state index in [0.29, 0.717) is 12.2 Å². The molecule has 2 N–H and O–H groups in total. The van der Waals surface area contributed by atoms with Crippen LogP contribution in [0.2, 0.25) is 5.02 Å². The zero-order valence-electron chi connectivity index (χ0n) is 13.2. The lowest BCUT2D eigenvalue weighted by atomic mass is 10.3. The predicted molar refractivity (Wildman–Crippen MR) is 87.1 cm³/mol. The molecule has 0 saturated carbocycles. The first-order valence-electron chi connectivity index (χ1n) is 6.93. The molecule has 0 radical (unpaired) electrons. The Morgan fingerprint density at radius 3 is 2.48 bits per heavy atom. The average Bonchev–Trinajstić information content (AvgIpc) is 2.47. The van der Waals surface area contributed by atoms with E-state index in [2.05, 4.69) is 26.3 Å². The molecule has 0 aliphatic heterocycles. The van der Waals surface area contributed by atoms with Crippen LogP contribution >= 0.6 is 11.6 Å². The Kier molecular flexibility index (Phi) is 9.93. The van der Waals surface area contributed by atoms with Gasteiger partial charge in [-0.05, 0) is 31.9 Å². The van der Waals surface area contributed by atoms with E-state index in [-0.39, 0.29) is 5.02 Å². The molecule has 1 atom stereocenters. The molecule has 0 heterocycles. The van der Waals surface area contributed by atoms with Crippen LogP contribution in [0.5, 0.6) is 0 Å². The van der Waals surface area contributed by atoms with Crippen LogP contribution in [0.25, 0.3) is 0 Å². The Morgan fingerprint density at radius 1 is 1.43 bits per heavy atom. The van der Waals surface area contributed by atoms with Crippen molar-refractivity contribution in [2.75, 3.05) is 6.54 Å². The van der Waals surface area contributed by atoms with Gasteiger partial charge in [0.05, 0.1) is 11.0 Å². The van der Waals surface area contributed by atoms with Crippen molar-refractivity contribution in [2.24, 2.45) is 0 Å². The van der Waals surface area contributed by atoms with Crippen LogP contribution in [-0.4, -0.2) is 30.5 Å². The highest BCUT2D eigenvalue weighted by molar-refractivity contribution is 7.85. The molecule has 0 spiro atoms. The monoisotopic (exact) mass is 368 g/mol. The molecule has 0 bridgehead atoms. The van der Waals surface area contributed by atoms with Gasteiger partial charge in [0.1, 0.15) is 9.92 Å². The minimum absolute atomic E-state index is 0.192. The van der Waals surface area contributed by atoms with Crippen LogP contribution < -0.4 is 5.48 Å². The van der Waals surface area contributed by atoms with E-state index < -0.39 is 25.6 Å². The van der Waals surface area contributed by atoms with Crippen molar-refractivity contribution in [1.82, 2.24) is 5.48 Å². The van der Waals surface area contributed by atoms with Crippen molar-refractivity contribution in [3.63, 3.8) is 0 Å². The number of halogens is 1. The molecule has 8 nitrogen and oxygen atoms in total. The number of nitro groups is 1. The van der Waals surface area contributed by atoms with Gasteiger partial charge >= 0.3 is 0 Å². The zero-order valence-corrected chi connectivity index (χ0v) is 14.7. The summed E-state index contributed by atoms with van der Waals surface area (Å²) in [6.07, 6.45) is 2.53. The van der Waals surface area contributed by atoms with Gasteiger partial charge in [0.15, 0.2) is 0 Å². The summed E-state index contributed by atoms with van der Waals surface area (Å²) in [4.78, 5) is 14.1. The van der Waals surface area contributed by atoms with Gasteiger partial charge in [0.2, 0.25) is 0 Å². The smallest absolute Gasteiger partial charge is 0.294 e. The maximum absolute atomic E-state index is 10.6. The van der Waals surface area contributed by atoms with Gasteiger partial charge in [0.25, 0.3) is 15.8 Å². The van der Waals surface area contributed by atoms with Gasteiger partial charge < -0.3 is 0 Å². The van der Waals surface area contributed by atoms with Crippen molar-refractivity contribution < 1.29 is 22.7 Å². The number of hydrogen-bond donors (Lipinski definition) is 2. The molecule has 0 aliphatic carbocycles. The molecule has 0 fully saturated rings. The second kappa shape index (κ2) is 10.5. The molecule has 23 heavy (non-hydrogen) atoms. The molecule has 1 aromatic carbocycles.